The van der Waals surface area contributed by atoms with Crippen molar-refractivity contribution in [1.29, 1.82) is 0 Å². The molecule has 2 N–H and O–H groups in total. The number of amides is 1. The third kappa shape index (κ3) is 6.36. The largest absolute Gasteiger partial charge is 0.467 e. The van der Waals surface area contributed by atoms with E-state index in [2.05, 4.69) is 15.6 Å². The third-order valence-corrected chi connectivity index (χ3v) is 3.98. The predicted octanol–water partition coefficient (Wildman–Crippen LogP) is 3.35. The summed E-state index contributed by atoms with van der Waals surface area (Å²) in [4.78, 5) is 39.6. The van der Waals surface area contributed by atoms with Gasteiger partial charge in [0.1, 0.15) is 11.4 Å². The fraction of sp³-hybridized carbons (Fsp3) is 0.350. The lowest BCUT2D eigenvalue weighted by Gasteiger charge is -2.29. The van der Waals surface area contributed by atoms with Crippen LogP contribution in [-0.4, -0.2) is 40.7 Å². The Labute approximate surface area is 177 Å². The van der Waals surface area contributed by atoms with Crippen molar-refractivity contribution in [3.05, 3.63) is 64.1 Å². The zero-order chi connectivity index (χ0) is 23.2. The van der Waals surface area contributed by atoms with Gasteiger partial charge in [-0.2, -0.15) is 0 Å². The molecule has 0 aliphatic rings. The number of hydrogen-bond acceptors (Lipinski definition) is 8. The number of nitrogens with one attached hydrogen (secondary N) is 2. The molecule has 11 heteroatoms. The smallest absolute Gasteiger partial charge is 0.408 e. The van der Waals surface area contributed by atoms with E-state index in [0.29, 0.717) is 0 Å². The summed E-state index contributed by atoms with van der Waals surface area (Å²) < 4.78 is 24.6. The molecule has 166 valence electrons. The normalized spacial score (nSPS) is 12.9. The first-order valence-corrected chi connectivity index (χ1v) is 9.21. The number of anilines is 1. The van der Waals surface area contributed by atoms with Crippen LogP contribution in [-0.2, 0) is 14.3 Å². The quantitative estimate of drug-likeness (QED) is 0.385. The van der Waals surface area contributed by atoms with Gasteiger partial charge < -0.3 is 20.1 Å². The van der Waals surface area contributed by atoms with Gasteiger partial charge in [-0.3, -0.25) is 10.1 Å². The molecule has 0 saturated heterocycles. The predicted molar refractivity (Wildman–Crippen MR) is 109 cm³/mol. The second-order valence-corrected chi connectivity index (χ2v) is 7.42. The number of carbonyl (C=O) groups excluding carboxylic acids is 2. The SMILES string of the molecule is COC(=O)[C@@H](Nc1ncccc1[N+](=O)[O-])C(NC(=O)OC(C)(C)C)c1ccccc1F. The van der Waals surface area contributed by atoms with Gasteiger partial charge in [-0.05, 0) is 32.9 Å². The van der Waals surface area contributed by atoms with Gasteiger partial charge in [0.15, 0.2) is 6.04 Å². The number of nitrogens with zero attached hydrogens (tertiary/aromatic N) is 2. The minimum atomic E-state index is -1.47. The van der Waals surface area contributed by atoms with Gasteiger partial charge in [0.25, 0.3) is 0 Å². The number of carbonyl (C=O) groups is 2. The molecule has 0 spiro atoms. The molecule has 0 saturated carbocycles. The Hall–Kier alpha value is -3.76. The van der Waals surface area contributed by atoms with Crippen molar-refractivity contribution in [2.24, 2.45) is 0 Å². The molecular formula is C20H23FN4O6. The molecule has 2 atom stereocenters. The molecular weight excluding hydrogens is 411 g/mol. The number of halogens is 1. The zero-order valence-electron chi connectivity index (χ0n) is 17.4. The maximum atomic E-state index is 14.6. The van der Waals surface area contributed by atoms with Gasteiger partial charge in [0, 0.05) is 17.8 Å². The van der Waals surface area contributed by atoms with Crippen LogP contribution >= 0.6 is 0 Å². The van der Waals surface area contributed by atoms with Gasteiger partial charge in [-0.25, -0.2) is 19.0 Å². The summed E-state index contributed by atoms with van der Waals surface area (Å²) >= 11 is 0. The fourth-order valence-corrected chi connectivity index (χ4v) is 2.71. The van der Waals surface area contributed by atoms with E-state index >= 15 is 0 Å². The molecule has 10 nitrogen and oxygen atoms in total. The third-order valence-electron chi connectivity index (χ3n) is 3.98. The number of methoxy groups -OCH3 is 1. The van der Waals surface area contributed by atoms with Crippen LogP contribution in [0, 0.1) is 15.9 Å². The van der Waals surface area contributed by atoms with E-state index in [9.17, 15) is 24.1 Å². The molecule has 0 fully saturated rings. The molecule has 0 radical (unpaired) electrons. The second-order valence-electron chi connectivity index (χ2n) is 7.42. The van der Waals surface area contributed by atoms with E-state index in [1.54, 1.807) is 20.8 Å². The maximum absolute atomic E-state index is 14.6. The first kappa shape index (κ1) is 23.5. The first-order chi connectivity index (χ1) is 14.5. The van der Waals surface area contributed by atoms with Crippen molar-refractivity contribution in [1.82, 2.24) is 10.3 Å². The summed E-state index contributed by atoms with van der Waals surface area (Å²) in [5.41, 5.74) is -1.34. The van der Waals surface area contributed by atoms with Crippen molar-refractivity contribution in [2.75, 3.05) is 12.4 Å². The summed E-state index contributed by atoms with van der Waals surface area (Å²) in [7, 11) is 1.09. The lowest BCUT2D eigenvalue weighted by Crippen LogP contribution is -2.47. The minimum Gasteiger partial charge on any atom is -0.467 e. The molecule has 1 amide bonds. The van der Waals surface area contributed by atoms with Gasteiger partial charge >= 0.3 is 17.7 Å². The number of aromatic nitrogens is 1. The monoisotopic (exact) mass is 434 g/mol. The highest BCUT2D eigenvalue weighted by molar-refractivity contribution is 5.82. The average molecular weight is 434 g/mol. The molecule has 2 rings (SSSR count). The average Bonchev–Trinajstić information content (AvgIpc) is 2.69. The van der Waals surface area contributed by atoms with Gasteiger partial charge in [0.05, 0.1) is 18.1 Å². The summed E-state index contributed by atoms with van der Waals surface area (Å²) in [6.07, 6.45) is 0.357. The number of alkyl carbamates (subject to hydrolysis) is 1. The molecule has 31 heavy (non-hydrogen) atoms. The van der Waals surface area contributed by atoms with Gasteiger partial charge in [-0.1, -0.05) is 18.2 Å². The number of pyridine rings is 1. The van der Waals surface area contributed by atoms with Crippen LogP contribution < -0.4 is 10.6 Å². The number of nitro groups is 1. The highest BCUT2D eigenvalue weighted by Crippen LogP contribution is 2.28. The Morgan fingerprint density at radius 2 is 1.87 bits per heavy atom. The number of benzene rings is 1. The van der Waals surface area contributed by atoms with E-state index in [-0.39, 0.29) is 11.4 Å². The summed E-state index contributed by atoms with van der Waals surface area (Å²) in [5, 5.41) is 16.4. The van der Waals surface area contributed by atoms with Crippen LogP contribution in [0.5, 0.6) is 0 Å². The van der Waals surface area contributed by atoms with E-state index in [1.807, 2.05) is 0 Å². The Morgan fingerprint density at radius 3 is 2.45 bits per heavy atom. The van der Waals surface area contributed by atoms with E-state index < -0.39 is 46.2 Å². The summed E-state index contributed by atoms with van der Waals surface area (Å²) in [6.45, 7) is 4.91. The molecule has 1 aromatic heterocycles. The lowest BCUT2D eigenvalue weighted by atomic mass is 9.98. The number of ether oxygens (including phenoxy) is 2. The van der Waals surface area contributed by atoms with Crippen molar-refractivity contribution < 1.29 is 28.4 Å². The molecule has 0 aliphatic heterocycles. The van der Waals surface area contributed by atoms with Crippen molar-refractivity contribution in [3.8, 4) is 0 Å². The Kier molecular flexibility index (Phi) is 7.46. The Bertz CT molecular complexity index is 963. The van der Waals surface area contributed by atoms with E-state index in [4.69, 9.17) is 9.47 Å². The molecule has 1 heterocycles. The Morgan fingerprint density at radius 1 is 1.19 bits per heavy atom. The van der Waals surface area contributed by atoms with Crippen molar-refractivity contribution in [2.45, 2.75) is 38.5 Å². The number of esters is 1. The molecule has 1 unspecified atom stereocenters. The summed E-state index contributed by atoms with van der Waals surface area (Å²) in [6, 6.07) is 5.19. The number of hydrogen-bond donors (Lipinski definition) is 2. The van der Waals surface area contributed by atoms with Crippen molar-refractivity contribution in [3.63, 3.8) is 0 Å². The summed E-state index contributed by atoms with van der Waals surface area (Å²) in [5.74, 6) is -1.88. The number of rotatable bonds is 7. The van der Waals surface area contributed by atoms with Crippen LogP contribution in [0.4, 0.5) is 20.7 Å². The molecule has 2 aromatic rings. The van der Waals surface area contributed by atoms with Crippen LogP contribution in [0.15, 0.2) is 42.6 Å². The van der Waals surface area contributed by atoms with Crippen LogP contribution in [0.1, 0.15) is 32.4 Å². The second kappa shape index (κ2) is 9.83. The van der Waals surface area contributed by atoms with E-state index in [1.165, 1.54) is 36.5 Å². The fourth-order valence-electron chi connectivity index (χ4n) is 2.71. The molecule has 0 aliphatic carbocycles. The Balaban J connectivity index is 2.52. The zero-order valence-corrected chi connectivity index (χ0v) is 17.4. The first-order valence-electron chi connectivity index (χ1n) is 9.21. The highest BCUT2D eigenvalue weighted by Gasteiger charge is 2.36. The van der Waals surface area contributed by atoms with Crippen LogP contribution in [0.25, 0.3) is 0 Å². The topological polar surface area (TPSA) is 133 Å². The molecule has 1 aromatic carbocycles. The minimum absolute atomic E-state index is 0.0603. The molecule has 0 bridgehead atoms. The van der Waals surface area contributed by atoms with Gasteiger partial charge in [-0.15, -0.1) is 0 Å². The van der Waals surface area contributed by atoms with Gasteiger partial charge in [0.2, 0.25) is 5.82 Å². The van der Waals surface area contributed by atoms with Crippen LogP contribution in [0.2, 0.25) is 0 Å². The van der Waals surface area contributed by atoms with Crippen LogP contribution in [0.3, 0.4) is 0 Å². The van der Waals surface area contributed by atoms with Crippen molar-refractivity contribution >= 4 is 23.6 Å². The highest BCUT2D eigenvalue weighted by atomic mass is 19.1. The van der Waals surface area contributed by atoms with E-state index in [0.717, 1.165) is 13.2 Å². The standard InChI is InChI=1S/C20H23FN4O6/c1-20(2,3)31-19(27)24-15(12-8-5-6-9-13(12)21)16(18(26)30-4)23-17-14(25(28)29)10-7-11-22-17/h5-11,15-16H,1-4H3,(H,22,23)(H,24,27)/t15?,16-/m0/s1. The lowest BCUT2D eigenvalue weighted by molar-refractivity contribution is -0.384. The maximum Gasteiger partial charge on any atom is 0.408 e.